The number of aliphatic imine (C=N–C) groups is 1. The topological polar surface area (TPSA) is 53.6 Å². The van der Waals surface area contributed by atoms with Crippen molar-refractivity contribution in [2.45, 2.75) is 89.0 Å². The number of hydrogen-bond donors (Lipinski definition) is 2. The van der Waals surface area contributed by atoms with Gasteiger partial charge in [-0.3, -0.25) is 9.89 Å². The first-order valence-electron chi connectivity index (χ1n) is 11.8. The van der Waals surface area contributed by atoms with Gasteiger partial charge in [-0.05, 0) is 81.7 Å². The summed E-state index contributed by atoms with van der Waals surface area (Å²) in [4.78, 5) is 7.36. The number of allylic oxidation sites excluding steroid dienone is 3. The van der Waals surface area contributed by atoms with Crippen molar-refractivity contribution in [3.63, 3.8) is 0 Å². The molecule has 1 aromatic rings. The van der Waals surface area contributed by atoms with Gasteiger partial charge in [-0.25, -0.2) is 0 Å². The maximum absolute atomic E-state index is 6.25. The Kier molecular flexibility index (Phi) is 7.19. The average molecular weight is 407 g/mol. The van der Waals surface area contributed by atoms with Crippen LogP contribution in [0.4, 0.5) is 0 Å². The van der Waals surface area contributed by atoms with Crippen LogP contribution in [0.3, 0.4) is 0 Å². The molecule has 0 radical (unpaired) electrons. The second-order valence-electron chi connectivity index (χ2n) is 9.29. The molecule has 1 heterocycles. The van der Waals surface area contributed by atoms with Crippen LogP contribution in [0.15, 0.2) is 52.7 Å². The van der Waals surface area contributed by atoms with Crippen LogP contribution in [0.25, 0.3) is 0 Å². The van der Waals surface area contributed by atoms with Crippen molar-refractivity contribution in [3.8, 4) is 0 Å². The molecule has 0 amide bonds. The summed E-state index contributed by atoms with van der Waals surface area (Å²) in [6.07, 6.45) is 13.7. The smallest absolute Gasteiger partial charge is 0.0600 e. The van der Waals surface area contributed by atoms with Crippen LogP contribution in [-0.2, 0) is 13.0 Å². The van der Waals surface area contributed by atoms with Crippen molar-refractivity contribution in [3.05, 3.63) is 58.8 Å². The van der Waals surface area contributed by atoms with E-state index in [9.17, 15) is 0 Å². The van der Waals surface area contributed by atoms with E-state index in [1.807, 2.05) is 0 Å². The lowest BCUT2D eigenvalue weighted by atomic mass is 9.85. The summed E-state index contributed by atoms with van der Waals surface area (Å²) in [6, 6.07) is 10.7. The molecule has 3 aliphatic rings. The minimum absolute atomic E-state index is 0.375. The highest BCUT2D eigenvalue weighted by molar-refractivity contribution is 5.38. The van der Waals surface area contributed by atoms with Crippen LogP contribution < -0.4 is 11.1 Å². The Balaban J connectivity index is 1.58. The zero-order valence-electron chi connectivity index (χ0n) is 18.5. The lowest BCUT2D eigenvalue weighted by Crippen LogP contribution is -2.54. The normalized spacial score (nSPS) is 30.0. The highest BCUT2D eigenvalue weighted by atomic mass is 15.2. The fraction of sp³-hybridized carbons (Fsp3) is 0.577. The van der Waals surface area contributed by atoms with Gasteiger partial charge in [0.1, 0.15) is 0 Å². The van der Waals surface area contributed by atoms with Crippen molar-refractivity contribution < 1.29 is 0 Å². The van der Waals surface area contributed by atoms with Crippen molar-refractivity contribution in [1.29, 1.82) is 0 Å². The largest absolute Gasteiger partial charge is 0.328 e. The summed E-state index contributed by atoms with van der Waals surface area (Å²) in [5.41, 5.74) is 11.8. The van der Waals surface area contributed by atoms with Gasteiger partial charge in [0.15, 0.2) is 0 Å². The number of benzene rings is 1. The molecule has 30 heavy (non-hydrogen) atoms. The van der Waals surface area contributed by atoms with E-state index in [0.29, 0.717) is 24.2 Å². The highest BCUT2D eigenvalue weighted by Gasteiger charge is 2.35. The van der Waals surface area contributed by atoms with E-state index in [0.717, 1.165) is 38.8 Å². The van der Waals surface area contributed by atoms with E-state index in [1.165, 1.54) is 48.1 Å². The summed E-state index contributed by atoms with van der Waals surface area (Å²) in [6.45, 7) is 8.12. The standard InChI is InChI=1S/C26H38N4/c1-3-7-19-10-6-11-25(26(19)28-2)30(24-14-12-22(27)13-15-24)18-23-16-20-8-4-5-9-21(20)17-29-23/h3-5,7-9,22-25,29H,2,6,10-18,27H2,1H3/b7-3-/t22?,23-,24?,25?/m1/s1. The number of nitrogens with zero attached hydrogens (tertiary/aromatic N) is 2. The van der Waals surface area contributed by atoms with Gasteiger partial charge in [0, 0.05) is 31.2 Å². The summed E-state index contributed by atoms with van der Waals surface area (Å²) in [5, 5.41) is 3.82. The van der Waals surface area contributed by atoms with Crippen LogP contribution in [0.5, 0.6) is 0 Å². The van der Waals surface area contributed by atoms with Crippen molar-refractivity contribution >= 4 is 6.72 Å². The Morgan fingerprint density at radius 1 is 1.17 bits per heavy atom. The lowest BCUT2D eigenvalue weighted by molar-refractivity contribution is 0.0921. The molecule has 1 aliphatic heterocycles. The predicted octanol–water partition coefficient (Wildman–Crippen LogP) is 4.36. The fourth-order valence-corrected chi connectivity index (χ4v) is 5.73. The molecule has 4 rings (SSSR count). The first kappa shape index (κ1) is 21.5. The van der Waals surface area contributed by atoms with Gasteiger partial charge in [0.05, 0.1) is 11.7 Å². The van der Waals surface area contributed by atoms with Crippen molar-refractivity contribution in [1.82, 2.24) is 10.2 Å². The van der Waals surface area contributed by atoms with Gasteiger partial charge < -0.3 is 11.1 Å². The van der Waals surface area contributed by atoms with Gasteiger partial charge in [-0.1, -0.05) is 36.4 Å². The summed E-state index contributed by atoms with van der Waals surface area (Å²) >= 11 is 0. The predicted molar refractivity (Wildman–Crippen MR) is 127 cm³/mol. The van der Waals surface area contributed by atoms with Gasteiger partial charge in [-0.15, -0.1) is 0 Å². The minimum Gasteiger partial charge on any atom is -0.328 e. The first-order valence-corrected chi connectivity index (χ1v) is 11.8. The van der Waals surface area contributed by atoms with E-state index in [2.05, 4.69) is 65.3 Å². The first-order chi connectivity index (χ1) is 14.7. The van der Waals surface area contributed by atoms with Gasteiger partial charge in [-0.2, -0.15) is 0 Å². The second-order valence-corrected chi connectivity index (χ2v) is 9.29. The molecule has 0 spiro atoms. The minimum atomic E-state index is 0.375. The molecule has 4 heteroatoms. The molecule has 0 bridgehead atoms. The third kappa shape index (κ3) is 4.77. The third-order valence-electron chi connectivity index (χ3n) is 7.31. The zero-order valence-corrected chi connectivity index (χ0v) is 18.5. The summed E-state index contributed by atoms with van der Waals surface area (Å²) < 4.78 is 0. The monoisotopic (exact) mass is 406 g/mol. The zero-order chi connectivity index (χ0) is 20.9. The van der Waals surface area contributed by atoms with E-state index in [1.54, 1.807) is 0 Å². The van der Waals surface area contributed by atoms with E-state index in [-0.39, 0.29) is 0 Å². The van der Waals surface area contributed by atoms with Crippen LogP contribution in [0.1, 0.15) is 63.0 Å². The van der Waals surface area contributed by atoms with Gasteiger partial charge in [0.25, 0.3) is 0 Å². The van der Waals surface area contributed by atoms with E-state index >= 15 is 0 Å². The van der Waals surface area contributed by atoms with Gasteiger partial charge in [0.2, 0.25) is 0 Å². The molecule has 1 saturated carbocycles. The Bertz CT molecular complexity index is 788. The maximum atomic E-state index is 6.25. The Morgan fingerprint density at radius 2 is 1.93 bits per heavy atom. The molecule has 4 nitrogen and oxygen atoms in total. The molecule has 162 valence electrons. The number of rotatable bonds is 6. The molecular formula is C26H38N4. The molecular weight excluding hydrogens is 368 g/mol. The fourth-order valence-electron chi connectivity index (χ4n) is 5.73. The molecule has 1 aromatic carbocycles. The molecule has 1 unspecified atom stereocenters. The molecule has 0 aromatic heterocycles. The van der Waals surface area contributed by atoms with Crippen LogP contribution >= 0.6 is 0 Å². The Labute approximate surface area is 182 Å². The summed E-state index contributed by atoms with van der Waals surface area (Å²) in [7, 11) is 0. The molecule has 1 fully saturated rings. The quantitative estimate of drug-likeness (QED) is 0.690. The number of hydrogen-bond acceptors (Lipinski definition) is 4. The highest BCUT2D eigenvalue weighted by Crippen LogP contribution is 2.35. The van der Waals surface area contributed by atoms with Crippen LogP contribution in [-0.4, -0.2) is 42.3 Å². The number of fused-ring (bicyclic) bond motifs is 1. The molecule has 2 atom stereocenters. The number of nitrogens with two attached hydrogens (primary N) is 1. The van der Waals surface area contributed by atoms with Gasteiger partial charge >= 0.3 is 0 Å². The molecule has 3 N–H and O–H groups in total. The molecule has 0 saturated heterocycles. The average Bonchev–Trinajstić information content (AvgIpc) is 2.78. The lowest BCUT2D eigenvalue weighted by Gasteiger charge is -2.45. The number of nitrogens with one attached hydrogen (secondary N) is 1. The third-order valence-corrected chi connectivity index (χ3v) is 7.31. The molecule has 2 aliphatic carbocycles. The summed E-state index contributed by atoms with van der Waals surface area (Å²) in [5.74, 6) is 0. The second kappa shape index (κ2) is 10.0. The van der Waals surface area contributed by atoms with E-state index < -0.39 is 0 Å². The Hall–Kier alpha value is -1.75. The Morgan fingerprint density at radius 3 is 2.67 bits per heavy atom. The van der Waals surface area contributed by atoms with E-state index in [4.69, 9.17) is 5.73 Å². The van der Waals surface area contributed by atoms with Crippen LogP contribution in [0, 0.1) is 0 Å². The SMILES string of the molecule is C=NC1=C(/C=C\C)CCCC1N(C[C@H]1Cc2ccccc2CN1)C1CCC(N)CC1. The maximum Gasteiger partial charge on any atom is 0.0600 e. The van der Waals surface area contributed by atoms with Crippen LogP contribution in [0.2, 0.25) is 0 Å². The van der Waals surface area contributed by atoms with Crippen molar-refractivity contribution in [2.75, 3.05) is 6.54 Å². The van der Waals surface area contributed by atoms with Crippen molar-refractivity contribution in [2.24, 2.45) is 10.7 Å².